The predicted molar refractivity (Wildman–Crippen MR) is 123 cm³/mol. The Morgan fingerprint density at radius 2 is 1.86 bits per heavy atom. The minimum Gasteiger partial charge on any atom is -0.296 e. The molecule has 0 bridgehead atoms. The summed E-state index contributed by atoms with van der Waals surface area (Å²) in [5.41, 5.74) is 6.43. The number of hydrogen-bond donors (Lipinski definition) is 0. The first-order valence-electron chi connectivity index (χ1n) is 11.8. The fraction of sp³-hybridized carbons (Fsp3) is 0.630. The van der Waals surface area contributed by atoms with Gasteiger partial charge in [-0.1, -0.05) is 69.5 Å². The van der Waals surface area contributed by atoms with Gasteiger partial charge in [0.25, 0.3) is 0 Å². The Labute approximate surface area is 173 Å². The van der Waals surface area contributed by atoms with E-state index in [2.05, 4.69) is 62.1 Å². The van der Waals surface area contributed by atoms with Gasteiger partial charge >= 0.3 is 0 Å². The summed E-state index contributed by atoms with van der Waals surface area (Å²) < 4.78 is 0. The second-order valence-electron chi connectivity index (χ2n) is 9.38. The van der Waals surface area contributed by atoms with Crippen LogP contribution in [-0.2, 0) is 19.4 Å². The van der Waals surface area contributed by atoms with Gasteiger partial charge in [0.1, 0.15) is 0 Å². The van der Waals surface area contributed by atoms with E-state index >= 15 is 0 Å². The van der Waals surface area contributed by atoms with E-state index in [0.717, 1.165) is 12.0 Å². The standard InChI is InChI=1S/C27H41N/c1-22(2)13-9-6-4-5-7-10-14-24-17-18-25-21-28(20-19-27(25)23(24)3)26-15-11-8-12-16-26/h4-6,9,17-18,22,26H,7-8,10-16,19-21H2,1-3H3/b5-4-,9-6-. The Bertz CT molecular complexity index is 661. The van der Waals surface area contributed by atoms with E-state index in [-0.39, 0.29) is 0 Å². The van der Waals surface area contributed by atoms with E-state index in [9.17, 15) is 0 Å². The molecule has 0 N–H and O–H groups in total. The van der Waals surface area contributed by atoms with Crippen molar-refractivity contribution < 1.29 is 0 Å². The first kappa shape index (κ1) is 21.4. The molecule has 2 aliphatic rings. The predicted octanol–water partition coefficient (Wildman–Crippen LogP) is 7.17. The quantitative estimate of drug-likeness (QED) is 0.342. The van der Waals surface area contributed by atoms with Gasteiger partial charge in [0.15, 0.2) is 0 Å². The van der Waals surface area contributed by atoms with Crippen LogP contribution in [0.3, 0.4) is 0 Å². The van der Waals surface area contributed by atoms with Crippen molar-refractivity contribution >= 4 is 0 Å². The van der Waals surface area contributed by atoms with Gasteiger partial charge in [-0.15, -0.1) is 0 Å². The van der Waals surface area contributed by atoms with Crippen molar-refractivity contribution in [3.8, 4) is 0 Å². The number of aryl methyl sites for hydroxylation is 1. The fourth-order valence-electron chi connectivity index (χ4n) is 4.95. The lowest BCUT2D eigenvalue weighted by Gasteiger charge is -2.38. The van der Waals surface area contributed by atoms with Gasteiger partial charge in [0.05, 0.1) is 0 Å². The molecular formula is C27H41N. The highest BCUT2D eigenvalue weighted by atomic mass is 15.2. The molecule has 1 heterocycles. The van der Waals surface area contributed by atoms with E-state index in [1.54, 1.807) is 22.3 Å². The molecule has 28 heavy (non-hydrogen) atoms. The zero-order chi connectivity index (χ0) is 19.8. The molecular weight excluding hydrogens is 338 g/mol. The highest BCUT2D eigenvalue weighted by Gasteiger charge is 2.25. The molecule has 1 aliphatic carbocycles. The third-order valence-corrected chi connectivity index (χ3v) is 6.73. The zero-order valence-corrected chi connectivity index (χ0v) is 18.6. The fourth-order valence-corrected chi connectivity index (χ4v) is 4.95. The molecule has 1 fully saturated rings. The van der Waals surface area contributed by atoms with E-state index in [1.807, 2.05) is 0 Å². The molecule has 154 valence electrons. The zero-order valence-electron chi connectivity index (χ0n) is 18.6. The number of unbranched alkanes of at least 4 members (excludes halogenated alkanes) is 1. The van der Waals surface area contributed by atoms with Crippen LogP contribution in [0.4, 0.5) is 0 Å². The van der Waals surface area contributed by atoms with Crippen LogP contribution in [0.2, 0.25) is 0 Å². The number of nitrogens with zero attached hydrogens (tertiary/aromatic N) is 1. The van der Waals surface area contributed by atoms with Crippen molar-refractivity contribution in [1.29, 1.82) is 0 Å². The average Bonchev–Trinajstić information content (AvgIpc) is 2.71. The van der Waals surface area contributed by atoms with Crippen LogP contribution in [-0.4, -0.2) is 17.5 Å². The van der Waals surface area contributed by atoms with Gasteiger partial charge in [-0.25, -0.2) is 0 Å². The lowest BCUT2D eigenvalue weighted by Crippen LogP contribution is -2.40. The maximum atomic E-state index is 2.78. The Morgan fingerprint density at radius 1 is 1.07 bits per heavy atom. The van der Waals surface area contributed by atoms with Gasteiger partial charge in [-0.2, -0.15) is 0 Å². The Kier molecular flexibility index (Phi) is 8.40. The van der Waals surface area contributed by atoms with Crippen molar-refractivity contribution in [2.24, 2.45) is 5.92 Å². The molecule has 0 atom stereocenters. The summed E-state index contributed by atoms with van der Waals surface area (Å²) in [6, 6.07) is 5.71. The van der Waals surface area contributed by atoms with Crippen LogP contribution >= 0.6 is 0 Å². The molecule has 1 aliphatic heterocycles. The van der Waals surface area contributed by atoms with Crippen molar-refractivity contribution in [1.82, 2.24) is 4.90 Å². The molecule has 1 saturated carbocycles. The number of fused-ring (bicyclic) bond motifs is 1. The maximum Gasteiger partial charge on any atom is 0.0239 e. The molecule has 0 saturated heterocycles. The number of rotatable bonds is 8. The van der Waals surface area contributed by atoms with Gasteiger partial charge in [-0.3, -0.25) is 4.90 Å². The van der Waals surface area contributed by atoms with Crippen LogP contribution in [0.15, 0.2) is 36.4 Å². The van der Waals surface area contributed by atoms with Crippen molar-refractivity contribution in [2.45, 2.75) is 97.6 Å². The van der Waals surface area contributed by atoms with Crippen molar-refractivity contribution in [3.05, 3.63) is 58.7 Å². The SMILES string of the molecule is Cc1c(CCC/C=C\C=C/CC(C)C)ccc2c1CCN(C1CCCCC1)C2. The van der Waals surface area contributed by atoms with Crippen LogP contribution in [0, 0.1) is 12.8 Å². The molecule has 1 aromatic carbocycles. The number of hydrogen-bond acceptors (Lipinski definition) is 1. The van der Waals surface area contributed by atoms with Crippen molar-refractivity contribution in [2.75, 3.05) is 6.54 Å². The van der Waals surface area contributed by atoms with Crippen molar-refractivity contribution in [3.63, 3.8) is 0 Å². The summed E-state index contributed by atoms with van der Waals surface area (Å²) in [5.74, 6) is 0.756. The van der Waals surface area contributed by atoms with Gasteiger partial charge in [0, 0.05) is 19.1 Å². The van der Waals surface area contributed by atoms with Crippen LogP contribution in [0.25, 0.3) is 0 Å². The molecule has 0 unspecified atom stereocenters. The lowest BCUT2D eigenvalue weighted by molar-refractivity contribution is 0.141. The summed E-state index contributed by atoms with van der Waals surface area (Å²) in [4.78, 5) is 2.78. The van der Waals surface area contributed by atoms with Crippen LogP contribution in [0.1, 0.15) is 87.5 Å². The van der Waals surface area contributed by atoms with Gasteiger partial charge in [0.2, 0.25) is 0 Å². The second-order valence-corrected chi connectivity index (χ2v) is 9.38. The Morgan fingerprint density at radius 3 is 2.64 bits per heavy atom. The average molecular weight is 380 g/mol. The lowest BCUT2D eigenvalue weighted by atomic mass is 9.87. The molecule has 3 rings (SSSR count). The Hall–Kier alpha value is -1.34. The summed E-state index contributed by atoms with van der Waals surface area (Å²) in [6.07, 6.45) is 22.3. The summed E-state index contributed by atoms with van der Waals surface area (Å²) in [5, 5.41) is 0. The highest BCUT2D eigenvalue weighted by molar-refractivity contribution is 5.42. The molecule has 0 aromatic heterocycles. The number of allylic oxidation sites excluding steroid dienone is 4. The summed E-state index contributed by atoms with van der Waals surface area (Å²) >= 11 is 0. The van der Waals surface area contributed by atoms with Gasteiger partial charge < -0.3 is 0 Å². The largest absolute Gasteiger partial charge is 0.296 e. The first-order chi connectivity index (χ1) is 13.6. The molecule has 1 aromatic rings. The van der Waals surface area contributed by atoms with E-state index < -0.39 is 0 Å². The molecule has 0 radical (unpaired) electrons. The summed E-state index contributed by atoms with van der Waals surface area (Å²) in [6.45, 7) is 9.36. The maximum absolute atomic E-state index is 2.78. The van der Waals surface area contributed by atoms with E-state index in [0.29, 0.717) is 0 Å². The topological polar surface area (TPSA) is 3.24 Å². The third-order valence-electron chi connectivity index (χ3n) is 6.73. The minimum absolute atomic E-state index is 0.756. The third kappa shape index (κ3) is 6.08. The van der Waals surface area contributed by atoms with Crippen LogP contribution in [0.5, 0.6) is 0 Å². The minimum atomic E-state index is 0.756. The molecule has 1 heteroatoms. The normalized spacial score (nSPS) is 19.1. The van der Waals surface area contributed by atoms with Crippen LogP contribution < -0.4 is 0 Å². The smallest absolute Gasteiger partial charge is 0.0239 e. The molecule has 1 nitrogen and oxygen atoms in total. The monoisotopic (exact) mass is 379 g/mol. The Balaban J connectivity index is 1.49. The summed E-state index contributed by atoms with van der Waals surface area (Å²) in [7, 11) is 0. The van der Waals surface area contributed by atoms with E-state index in [1.165, 1.54) is 77.3 Å². The number of benzene rings is 1. The second kappa shape index (κ2) is 11.0. The van der Waals surface area contributed by atoms with E-state index in [4.69, 9.17) is 0 Å². The molecule has 0 amide bonds. The first-order valence-corrected chi connectivity index (χ1v) is 11.8. The van der Waals surface area contributed by atoms with Gasteiger partial charge in [-0.05, 0) is 80.0 Å². The highest BCUT2D eigenvalue weighted by Crippen LogP contribution is 2.30. The molecule has 0 spiro atoms.